The molecule has 0 aliphatic carbocycles. The molecule has 0 spiro atoms. The minimum atomic E-state index is -1.02. The molecule has 7 heteroatoms. The summed E-state index contributed by atoms with van der Waals surface area (Å²) in [5.74, 6) is -1.18. The number of nitro groups is 1. The van der Waals surface area contributed by atoms with Crippen LogP contribution in [0, 0.1) is 10.1 Å². The van der Waals surface area contributed by atoms with Crippen molar-refractivity contribution in [2.75, 3.05) is 0 Å². The van der Waals surface area contributed by atoms with E-state index in [2.05, 4.69) is 0 Å². The van der Waals surface area contributed by atoms with E-state index in [1.54, 1.807) is 12.1 Å². The van der Waals surface area contributed by atoms with Gasteiger partial charge in [-0.1, -0.05) is 42.8 Å². The zero-order valence-electron chi connectivity index (χ0n) is 13.7. The van der Waals surface area contributed by atoms with Crippen LogP contribution in [0.25, 0.3) is 0 Å². The van der Waals surface area contributed by atoms with Crippen molar-refractivity contribution in [1.29, 1.82) is 0 Å². The molecule has 25 heavy (non-hydrogen) atoms. The summed E-state index contributed by atoms with van der Waals surface area (Å²) in [4.78, 5) is 34.7. The average Bonchev–Trinajstić information content (AvgIpc) is 2.61. The lowest BCUT2D eigenvalue weighted by atomic mass is 10.0. The lowest BCUT2D eigenvalue weighted by Crippen LogP contribution is -2.24. The molecular weight excluding hydrogens is 346 g/mol. The molecule has 0 fully saturated rings. The molecular formula is C18H16ClNO5. The van der Waals surface area contributed by atoms with Crippen LogP contribution in [-0.4, -0.2) is 22.8 Å². The lowest BCUT2D eigenvalue weighted by Gasteiger charge is -2.12. The Bertz CT molecular complexity index is 817. The standard InChI is InChI=1S/C18H16ClNO5/c1-3-12-4-6-13(7-5-12)17(21)11(2)25-18(22)14-8-9-15(19)16(10-14)20(23)24/h4-11H,3H2,1-2H3. The summed E-state index contributed by atoms with van der Waals surface area (Å²) in [6.07, 6.45) is -0.163. The molecule has 2 rings (SSSR count). The van der Waals surface area contributed by atoms with Gasteiger partial charge in [0.05, 0.1) is 10.5 Å². The minimum Gasteiger partial charge on any atom is -0.451 e. The maximum absolute atomic E-state index is 12.3. The van der Waals surface area contributed by atoms with Gasteiger partial charge >= 0.3 is 5.97 Å². The summed E-state index contributed by atoms with van der Waals surface area (Å²) in [6, 6.07) is 10.6. The summed E-state index contributed by atoms with van der Waals surface area (Å²) < 4.78 is 5.13. The Hall–Kier alpha value is -2.73. The van der Waals surface area contributed by atoms with Crippen molar-refractivity contribution in [3.63, 3.8) is 0 Å². The molecule has 0 aliphatic heterocycles. The van der Waals surface area contributed by atoms with Gasteiger partial charge in [0.25, 0.3) is 5.69 Å². The van der Waals surface area contributed by atoms with Crippen LogP contribution in [0.4, 0.5) is 5.69 Å². The van der Waals surface area contributed by atoms with E-state index in [-0.39, 0.29) is 16.4 Å². The monoisotopic (exact) mass is 361 g/mol. The van der Waals surface area contributed by atoms with Crippen LogP contribution in [-0.2, 0) is 11.2 Å². The SMILES string of the molecule is CCc1ccc(C(=O)C(C)OC(=O)c2ccc(Cl)c([N+](=O)[O-])c2)cc1. The van der Waals surface area contributed by atoms with Gasteiger partial charge in [-0.3, -0.25) is 14.9 Å². The number of ketones is 1. The van der Waals surface area contributed by atoms with Crippen molar-refractivity contribution in [3.8, 4) is 0 Å². The molecule has 0 heterocycles. The molecule has 1 atom stereocenters. The average molecular weight is 362 g/mol. The summed E-state index contributed by atoms with van der Waals surface area (Å²) >= 11 is 5.71. The van der Waals surface area contributed by atoms with E-state index < -0.39 is 22.7 Å². The number of halogens is 1. The fourth-order valence-electron chi connectivity index (χ4n) is 2.20. The van der Waals surface area contributed by atoms with E-state index in [1.807, 2.05) is 19.1 Å². The summed E-state index contributed by atoms with van der Waals surface area (Å²) in [5, 5.41) is 10.8. The summed E-state index contributed by atoms with van der Waals surface area (Å²) in [5.41, 5.74) is 1.08. The highest BCUT2D eigenvalue weighted by atomic mass is 35.5. The molecule has 0 radical (unpaired) electrons. The molecule has 6 nitrogen and oxygen atoms in total. The second kappa shape index (κ2) is 7.90. The molecule has 0 saturated carbocycles. The Balaban J connectivity index is 2.12. The van der Waals surface area contributed by atoms with Gasteiger partial charge in [0, 0.05) is 11.6 Å². The van der Waals surface area contributed by atoms with Gasteiger partial charge in [-0.05, 0) is 31.0 Å². The Labute approximate surface area is 149 Å². The number of benzene rings is 2. The highest BCUT2D eigenvalue weighted by molar-refractivity contribution is 6.32. The maximum atomic E-state index is 12.3. The number of carbonyl (C=O) groups excluding carboxylic acids is 2. The van der Waals surface area contributed by atoms with Gasteiger partial charge in [-0.25, -0.2) is 4.79 Å². The van der Waals surface area contributed by atoms with Crippen LogP contribution in [0.3, 0.4) is 0 Å². The second-order valence-electron chi connectivity index (χ2n) is 5.39. The van der Waals surface area contributed by atoms with Crippen molar-refractivity contribution in [2.45, 2.75) is 26.4 Å². The van der Waals surface area contributed by atoms with Crippen LogP contribution >= 0.6 is 11.6 Å². The molecule has 0 aliphatic rings. The number of ether oxygens (including phenoxy) is 1. The number of aryl methyl sites for hydroxylation is 1. The Morgan fingerprint density at radius 1 is 1.16 bits per heavy atom. The molecule has 2 aromatic carbocycles. The number of Topliss-reactive ketones (excluding diaryl/α,β-unsaturated/α-hetero) is 1. The first-order chi connectivity index (χ1) is 11.8. The fourth-order valence-corrected chi connectivity index (χ4v) is 2.39. The van der Waals surface area contributed by atoms with Crippen LogP contribution in [0.15, 0.2) is 42.5 Å². The van der Waals surface area contributed by atoms with Gasteiger partial charge in [0.2, 0.25) is 5.78 Å². The third-order valence-electron chi connectivity index (χ3n) is 3.68. The zero-order chi connectivity index (χ0) is 18.6. The number of hydrogen-bond acceptors (Lipinski definition) is 5. The fraction of sp³-hybridized carbons (Fsp3) is 0.222. The number of carbonyl (C=O) groups is 2. The van der Waals surface area contributed by atoms with E-state index in [4.69, 9.17) is 16.3 Å². The predicted molar refractivity (Wildman–Crippen MR) is 93.1 cm³/mol. The largest absolute Gasteiger partial charge is 0.451 e. The molecule has 0 N–H and O–H groups in total. The number of hydrogen-bond donors (Lipinski definition) is 0. The Kier molecular flexibility index (Phi) is 5.88. The van der Waals surface area contributed by atoms with Crippen LogP contribution in [0.5, 0.6) is 0 Å². The van der Waals surface area contributed by atoms with Gasteiger partial charge < -0.3 is 4.74 Å². The van der Waals surface area contributed by atoms with Crippen LogP contribution in [0.1, 0.15) is 40.1 Å². The number of esters is 1. The van der Waals surface area contributed by atoms with E-state index in [9.17, 15) is 19.7 Å². The molecule has 1 unspecified atom stereocenters. The van der Waals surface area contributed by atoms with Gasteiger partial charge in [0.1, 0.15) is 5.02 Å². The van der Waals surface area contributed by atoms with Crippen LogP contribution < -0.4 is 0 Å². The van der Waals surface area contributed by atoms with E-state index in [1.165, 1.54) is 19.1 Å². The third kappa shape index (κ3) is 4.42. The van der Waals surface area contributed by atoms with Crippen molar-refractivity contribution < 1.29 is 19.2 Å². The highest BCUT2D eigenvalue weighted by Gasteiger charge is 2.22. The van der Waals surface area contributed by atoms with Crippen molar-refractivity contribution in [3.05, 3.63) is 74.3 Å². The van der Waals surface area contributed by atoms with Crippen molar-refractivity contribution >= 4 is 29.0 Å². The lowest BCUT2D eigenvalue weighted by molar-refractivity contribution is -0.384. The smallest absolute Gasteiger partial charge is 0.339 e. The second-order valence-corrected chi connectivity index (χ2v) is 5.79. The topological polar surface area (TPSA) is 86.5 Å². The minimum absolute atomic E-state index is 0.0444. The highest BCUT2D eigenvalue weighted by Crippen LogP contribution is 2.25. The predicted octanol–water partition coefficient (Wildman–Crippen LogP) is 4.24. The first-order valence-electron chi connectivity index (χ1n) is 7.61. The quantitative estimate of drug-likeness (QED) is 0.332. The van der Waals surface area contributed by atoms with Gasteiger partial charge in [-0.2, -0.15) is 0 Å². The van der Waals surface area contributed by atoms with Crippen molar-refractivity contribution in [1.82, 2.24) is 0 Å². The van der Waals surface area contributed by atoms with Gasteiger partial charge in [0.15, 0.2) is 6.10 Å². The first-order valence-corrected chi connectivity index (χ1v) is 7.99. The number of nitrogens with zero attached hydrogens (tertiary/aromatic N) is 1. The molecule has 0 aromatic heterocycles. The van der Waals surface area contributed by atoms with E-state index >= 15 is 0 Å². The summed E-state index contributed by atoms with van der Waals surface area (Å²) in [7, 11) is 0. The first kappa shape index (κ1) is 18.6. The molecule has 0 bridgehead atoms. The number of nitro benzene ring substituents is 1. The normalized spacial score (nSPS) is 11.6. The zero-order valence-corrected chi connectivity index (χ0v) is 14.4. The Morgan fingerprint density at radius 2 is 1.76 bits per heavy atom. The third-order valence-corrected chi connectivity index (χ3v) is 4.00. The molecule has 0 saturated heterocycles. The molecule has 130 valence electrons. The van der Waals surface area contributed by atoms with Gasteiger partial charge in [-0.15, -0.1) is 0 Å². The van der Waals surface area contributed by atoms with E-state index in [0.717, 1.165) is 18.1 Å². The summed E-state index contributed by atoms with van der Waals surface area (Å²) in [6.45, 7) is 3.46. The maximum Gasteiger partial charge on any atom is 0.339 e. The van der Waals surface area contributed by atoms with Crippen LogP contribution in [0.2, 0.25) is 5.02 Å². The number of rotatable bonds is 6. The van der Waals surface area contributed by atoms with E-state index in [0.29, 0.717) is 5.56 Å². The Morgan fingerprint density at radius 3 is 2.32 bits per heavy atom. The van der Waals surface area contributed by atoms with Crippen molar-refractivity contribution in [2.24, 2.45) is 0 Å². The molecule has 0 amide bonds. The molecule has 2 aromatic rings.